The Labute approximate surface area is 144 Å². The van der Waals surface area contributed by atoms with Gasteiger partial charge in [-0.3, -0.25) is 4.79 Å². The number of piperidine rings is 1. The third-order valence-corrected chi connectivity index (χ3v) is 7.20. The van der Waals surface area contributed by atoms with E-state index in [2.05, 4.69) is 0 Å². The Balaban J connectivity index is 1.96. The molecule has 3 rings (SSSR count). The fourth-order valence-corrected chi connectivity index (χ4v) is 5.90. The standard InChI is InChI=1S/C18H26N2O3S/c1-4-16-7-5-6-10-19(16)24(22,23)17-8-9-18-15(12-17)11-13(2)20(18)14(3)21/h8-9,12-13,16H,4-7,10-11H2,1-3H3/t13-,16+/m0/s1. The summed E-state index contributed by atoms with van der Waals surface area (Å²) in [7, 11) is -3.47. The molecule has 0 aliphatic carbocycles. The molecule has 0 spiro atoms. The molecule has 132 valence electrons. The van der Waals surface area contributed by atoms with Crippen molar-refractivity contribution >= 4 is 21.6 Å². The highest BCUT2D eigenvalue weighted by Crippen LogP contribution is 2.35. The van der Waals surface area contributed by atoms with Crippen LogP contribution in [0, 0.1) is 0 Å². The van der Waals surface area contributed by atoms with Gasteiger partial charge in [-0.2, -0.15) is 4.31 Å². The van der Waals surface area contributed by atoms with Crippen molar-refractivity contribution in [1.82, 2.24) is 4.31 Å². The third kappa shape index (κ3) is 2.86. The maximum Gasteiger partial charge on any atom is 0.243 e. The van der Waals surface area contributed by atoms with E-state index in [9.17, 15) is 13.2 Å². The molecule has 1 saturated heterocycles. The minimum Gasteiger partial charge on any atom is -0.309 e. The molecule has 2 atom stereocenters. The van der Waals surface area contributed by atoms with Crippen LogP contribution in [0.2, 0.25) is 0 Å². The molecule has 0 unspecified atom stereocenters. The van der Waals surface area contributed by atoms with Crippen molar-refractivity contribution in [2.45, 2.75) is 69.9 Å². The van der Waals surface area contributed by atoms with Gasteiger partial charge in [-0.05, 0) is 56.4 Å². The number of fused-ring (bicyclic) bond motifs is 1. The number of hydrogen-bond donors (Lipinski definition) is 0. The number of carbonyl (C=O) groups excluding carboxylic acids is 1. The topological polar surface area (TPSA) is 57.7 Å². The van der Waals surface area contributed by atoms with E-state index < -0.39 is 10.0 Å². The molecule has 2 heterocycles. The Morgan fingerprint density at radius 2 is 2.04 bits per heavy atom. The largest absolute Gasteiger partial charge is 0.309 e. The van der Waals surface area contributed by atoms with Crippen molar-refractivity contribution in [3.05, 3.63) is 23.8 Å². The second-order valence-electron chi connectivity index (χ2n) is 6.91. The van der Waals surface area contributed by atoms with E-state index >= 15 is 0 Å². The van der Waals surface area contributed by atoms with Gasteiger partial charge in [-0.25, -0.2) is 8.42 Å². The lowest BCUT2D eigenvalue weighted by molar-refractivity contribution is -0.116. The second kappa shape index (κ2) is 6.48. The van der Waals surface area contributed by atoms with Gasteiger partial charge in [0.1, 0.15) is 0 Å². The van der Waals surface area contributed by atoms with Gasteiger partial charge in [-0.15, -0.1) is 0 Å². The molecule has 0 saturated carbocycles. The minimum absolute atomic E-state index is 0.000986. The van der Waals surface area contributed by atoms with Gasteiger partial charge in [0.25, 0.3) is 0 Å². The number of amides is 1. The predicted octanol–water partition coefficient (Wildman–Crippen LogP) is 2.94. The maximum atomic E-state index is 13.1. The summed E-state index contributed by atoms with van der Waals surface area (Å²) >= 11 is 0. The first-order valence-corrected chi connectivity index (χ1v) is 10.2. The molecule has 2 aliphatic heterocycles. The van der Waals surface area contributed by atoms with E-state index in [0.29, 0.717) is 17.9 Å². The van der Waals surface area contributed by atoms with Crippen molar-refractivity contribution in [2.24, 2.45) is 0 Å². The third-order valence-electron chi connectivity index (χ3n) is 5.26. The van der Waals surface area contributed by atoms with Gasteiger partial charge in [0.2, 0.25) is 15.9 Å². The second-order valence-corrected chi connectivity index (χ2v) is 8.80. The van der Waals surface area contributed by atoms with Crippen molar-refractivity contribution in [3.63, 3.8) is 0 Å². The van der Waals surface area contributed by atoms with Crippen LogP contribution >= 0.6 is 0 Å². The van der Waals surface area contributed by atoms with Crippen LogP contribution in [0.1, 0.15) is 52.0 Å². The molecule has 24 heavy (non-hydrogen) atoms. The average molecular weight is 350 g/mol. The number of rotatable bonds is 3. The SMILES string of the molecule is CC[C@@H]1CCCCN1S(=O)(=O)c1ccc2c(c1)C[C@H](C)N2C(C)=O. The molecule has 1 amide bonds. The molecule has 0 N–H and O–H groups in total. The Morgan fingerprint density at radius 1 is 1.29 bits per heavy atom. The first-order valence-electron chi connectivity index (χ1n) is 8.80. The summed E-state index contributed by atoms with van der Waals surface area (Å²) in [5.74, 6) is -0.000986. The van der Waals surface area contributed by atoms with Crippen LogP contribution in [0.3, 0.4) is 0 Å². The van der Waals surface area contributed by atoms with Gasteiger partial charge in [0.05, 0.1) is 4.90 Å². The molecule has 0 radical (unpaired) electrons. The summed E-state index contributed by atoms with van der Waals surface area (Å²) < 4.78 is 27.9. The predicted molar refractivity (Wildman–Crippen MR) is 94.6 cm³/mol. The lowest BCUT2D eigenvalue weighted by Crippen LogP contribution is -2.43. The summed E-state index contributed by atoms with van der Waals surface area (Å²) in [4.78, 5) is 13.9. The molecule has 1 aromatic carbocycles. The quantitative estimate of drug-likeness (QED) is 0.842. The van der Waals surface area contributed by atoms with Crippen LogP contribution in [0.4, 0.5) is 5.69 Å². The van der Waals surface area contributed by atoms with Crippen molar-refractivity contribution < 1.29 is 13.2 Å². The maximum absolute atomic E-state index is 13.1. The molecule has 5 nitrogen and oxygen atoms in total. The fraction of sp³-hybridized carbons (Fsp3) is 0.611. The van der Waals surface area contributed by atoms with Crippen LogP contribution in [-0.2, 0) is 21.2 Å². The minimum atomic E-state index is -3.47. The molecule has 1 aromatic rings. The van der Waals surface area contributed by atoms with Crippen molar-refractivity contribution in [3.8, 4) is 0 Å². The van der Waals surface area contributed by atoms with Crippen LogP contribution in [0.25, 0.3) is 0 Å². The molecule has 2 aliphatic rings. The number of sulfonamides is 1. The zero-order valence-electron chi connectivity index (χ0n) is 14.7. The van der Waals surface area contributed by atoms with Crippen LogP contribution in [0.5, 0.6) is 0 Å². The van der Waals surface area contributed by atoms with Crippen LogP contribution in [0.15, 0.2) is 23.1 Å². The summed E-state index contributed by atoms with van der Waals surface area (Å²) in [6.45, 7) is 6.20. The molecule has 0 aromatic heterocycles. The van der Waals surface area contributed by atoms with Crippen LogP contribution in [-0.4, -0.2) is 37.3 Å². The van der Waals surface area contributed by atoms with E-state index in [4.69, 9.17) is 0 Å². The van der Waals surface area contributed by atoms with Crippen LogP contribution < -0.4 is 4.90 Å². The summed E-state index contributed by atoms with van der Waals surface area (Å²) in [6, 6.07) is 5.39. The van der Waals surface area contributed by atoms with Gasteiger partial charge < -0.3 is 4.90 Å². The average Bonchev–Trinajstić information content (AvgIpc) is 2.89. The summed E-state index contributed by atoms with van der Waals surface area (Å²) in [6.07, 6.45) is 4.51. The Kier molecular flexibility index (Phi) is 4.71. The smallest absolute Gasteiger partial charge is 0.243 e. The molecular formula is C18H26N2O3S. The Bertz CT molecular complexity index is 745. The fourth-order valence-electron chi connectivity index (χ4n) is 4.08. The number of nitrogens with zero attached hydrogens (tertiary/aromatic N) is 2. The summed E-state index contributed by atoms with van der Waals surface area (Å²) in [5.41, 5.74) is 1.79. The Hall–Kier alpha value is -1.40. The van der Waals surface area contributed by atoms with Gasteiger partial charge in [-0.1, -0.05) is 13.3 Å². The lowest BCUT2D eigenvalue weighted by atomic mass is 10.0. The molecular weight excluding hydrogens is 324 g/mol. The number of hydrogen-bond acceptors (Lipinski definition) is 3. The first-order chi connectivity index (χ1) is 11.4. The molecule has 6 heteroatoms. The Morgan fingerprint density at radius 3 is 2.71 bits per heavy atom. The van der Waals surface area contributed by atoms with E-state index in [1.165, 1.54) is 0 Å². The highest BCUT2D eigenvalue weighted by Gasteiger charge is 2.35. The normalized spacial score (nSPS) is 24.9. The van der Waals surface area contributed by atoms with E-state index in [1.54, 1.807) is 34.3 Å². The zero-order chi connectivity index (χ0) is 17.5. The van der Waals surface area contributed by atoms with Gasteiger partial charge >= 0.3 is 0 Å². The number of anilines is 1. The van der Waals surface area contributed by atoms with E-state index in [1.807, 2.05) is 13.8 Å². The zero-order valence-corrected chi connectivity index (χ0v) is 15.5. The van der Waals surface area contributed by atoms with Crippen molar-refractivity contribution in [1.29, 1.82) is 0 Å². The number of carbonyl (C=O) groups is 1. The van der Waals surface area contributed by atoms with Gasteiger partial charge in [0, 0.05) is 31.2 Å². The monoisotopic (exact) mass is 350 g/mol. The molecule has 0 bridgehead atoms. The molecule has 1 fully saturated rings. The lowest BCUT2D eigenvalue weighted by Gasteiger charge is -2.34. The van der Waals surface area contributed by atoms with Crippen molar-refractivity contribution in [2.75, 3.05) is 11.4 Å². The first kappa shape index (κ1) is 17.4. The van der Waals surface area contributed by atoms with E-state index in [-0.39, 0.29) is 18.0 Å². The van der Waals surface area contributed by atoms with E-state index in [0.717, 1.165) is 36.9 Å². The summed E-state index contributed by atoms with van der Waals surface area (Å²) in [5, 5.41) is 0. The highest BCUT2D eigenvalue weighted by molar-refractivity contribution is 7.89. The highest BCUT2D eigenvalue weighted by atomic mass is 32.2. The number of benzene rings is 1. The van der Waals surface area contributed by atoms with Gasteiger partial charge in [0.15, 0.2) is 0 Å².